The summed E-state index contributed by atoms with van der Waals surface area (Å²) in [6.45, 7) is 5.35. The smallest absolute Gasteiger partial charge is 0.225 e. The Bertz CT molecular complexity index is 120. The van der Waals surface area contributed by atoms with E-state index in [1.807, 2.05) is 13.8 Å². The van der Waals surface area contributed by atoms with Crippen LogP contribution in [0, 0.1) is 0 Å². The van der Waals surface area contributed by atoms with Crippen LogP contribution in [0.1, 0.15) is 33.1 Å². The van der Waals surface area contributed by atoms with Gasteiger partial charge in [0, 0.05) is 13.1 Å². The van der Waals surface area contributed by atoms with Crippen molar-refractivity contribution in [2.24, 2.45) is 0 Å². The lowest BCUT2D eigenvalue weighted by atomic mass is 10.3. The molecule has 3 nitrogen and oxygen atoms in total. The standard InChI is InChI=1S/C9H18NO2/c1-3-6-10(7-4-2)9(12)5-8-11/h3-8H2,1-2H3. The highest BCUT2D eigenvalue weighted by Crippen LogP contribution is 1.97. The van der Waals surface area contributed by atoms with Gasteiger partial charge in [-0.25, -0.2) is 5.11 Å². The number of amides is 1. The van der Waals surface area contributed by atoms with E-state index in [1.54, 1.807) is 4.90 Å². The van der Waals surface area contributed by atoms with E-state index in [0.717, 1.165) is 25.9 Å². The van der Waals surface area contributed by atoms with Crippen LogP contribution in [0.3, 0.4) is 0 Å². The molecule has 0 aromatic carbocycles. The second-order valence-electron chi connectivity index (χ2n) is 2.83. The second kappa shape index (κ2) is 7.10. The molecule has 71 valence electrons. The zero-order valence-electron chi connectivity index (χ0n) is 8.01. The van der Waals surface area contributed by atoms with Gasteiger partial charge >= 0.3 is 0 Å². The van der Waals surface area contributed by atoms with Crippen molar-refractivity contribution in [2.75, 3.05) is 19.7 Å². The molecule has 0 fully saturated rings. The van der Waals surface area contributed by atoms with Crippen LogP contribution in [0.15, 0.2) is 0 Å². The van der Waals surface area contributed by atoms with Crippen molar-refractivity contribution in [3.8, 4) is 0 Å². The number of nitrogens with zero attached hydrogens (tertiary/aromatic N) is 1. The Balaban J connectivity index is 3.81. The fourth-order valence-electron chi connectivity index (χ4n) is 1.15. The quantitative estimate of drug-likeness (QED) is 0.598. The summed E-state index contributed by atoms with van der Waals surface area (Å²) in [6, 6.07) is 0. The Morgan fingerprint density at radius 3 is 2.00 bits per heavy atom. The zero-order valence-corrected chi connectivity index (χ0v) is 8.01. The maximum Gasteiger partial charge on any atom is 0.225 e. The van der Waals surface area contributed by atoms with Gasteiger partial charge in [-0.1, -0.05) is 13.8 Å². The molecule has 1 radical (unpaired) electrons. The summed E-state index contributed by atoms with van der Waals surface area (Å²) in [5.41, 5.74) is 0. The minimum Gasteiger partial charge on any atom is -0.343 e. The van der Waals surface area contributed by atoms with Crippen molar-refractivity contribution >= 4 is 5.91 Å². The van der Waals surface area contributed by atoms with Gasteiger partial charge in [0.1, 0.15) is 0 Å². The maximum atomic E-state index is 11.2. The molecule has 0 aliphatic heterocycles. The summed E-state index contributed by atoms with van der Waals surface area (Å²) < 4.78 is 0. The van der Waals surface area contributed by atoms with Crippen LogP contribution >= 0.6 is 0 Å². The Morgan fingerprint density at radius 2 is 1.67 bits per heavy atom. The van der Waals surface area contributed by atoms with Crippen molar-refractivity contribution in [1.29, 1.82) is 0 Å². The van der Waals surface area contributed by atoms with Gasteiger partial charge in [0.2, 0.25) is 5.91 Å². The lowest BCUT2D eigenvalue weighted by Gasteiger charge is -2.20. The average Bonchev–Trinajstić information content (AvgIpc) is 2.04. The van der Waals surface area contributed by atoms with Gasteiger partial charge in [0.15, 0.2) is 0 Å². The summed E-state index contributed by atoms with van der Waals surface area (Å²) in [6.07, 6.45) is 2.08. The lowest BCUT2D eigenvalue weighted by Crippen LogP contribution is -2.32. The van der Waals surface area contributed by atoms with E-state index in [4.69, 9.17) is 0 Å². The predicted octanol–water partition coefficient (Wildman–Crippen LogP) is 1.46. The van der Waals surface area contributed by atoms with E-state index < -0.39 is 0 Å². The fraction of sp³-hybridized carbons (Fsp3) is 0.889. The Labute approximate surface area is 74.4 Å². The molecule has 0 unspecified atom stereocenters. The highest BCUT2D eigenvalue weighted by atomic mass is 16.3. The molecule has 0 N–H and O–H groups in total. The van der Waals surface area contributed by atoms with Crippen LogP contribution in [0.2, 0.25) is 0 Å². The summed E-state index contributed by atoms with van der Waals surface area (Å²) in [5.74, 6) is 0.00806. The molecule has 0 aliphatic rings. The molecule has 1 amide bonds. The van der Waals surface area contributed by atoms with Gasteiger partial charge in [-0.05, 0) is 12.8 Å². The fourth-order valence-corrected chi connectivity index (χ4v) is 1.15. The van der Waals surface area contributed by atoms with Gasteiger partial charge in [0.25, 0.3) is 0 Å². The molecule has 0 aliphatic carbocycles. The molecule has 0 heterocycles. The monoisotopic (exact) mass is 172 g/mol. The molecule has 0 saturated carbocycles. The molecular formula is C9H18NO2. The van der Waals surface area contributed by atoms with Gasteiger partial charge in [-0.3, -0.25) is 4.79 Å². The molecule has 0 saturated heterocycles. The van der Waals surface area contributed by atoms with Crippen molar-refractivity contribution in [2.45, 2.75) is 33.1 Å². The summed E-state index contributed by atoms with van der Waals surface area (Å²) >= 11 is 0. The largest absolute Gasteiger partial charge is 0.343 e. The number of carbonyl (C=O) groups is 1. The van der Waals surface area contributed by atoms with Crippen LogP contribution in [-0.2, 0) is 9.90 Å². The first-order valence-electron chi connectivity index (χ1n) is 4.62. The van der Waals surface area contributed by atoms with E-state index in [1.165, 1.54) is 0 Å². The van der Waals surface area contributed by atoms with E-state index >= 15 is 0 Å². The van der Waals surface area contributed by atoms with Crippen molar-refractivity contribution in [3.05, 3.63) is 0 Å². The van der Waals surface area contributed by atoms with Crippen LogP contribution in [0.25, 0.3) is 0 Å². The third kappa shape index (κ3) is 4.34. The van der Waals surface area contributed by atoms with Crippen molar-refractivity contribution < 1.29 is 9.90 Å². The SMILES string of the molecule is CCCN(CCC)C(=O)CC[O]. The van der Waals surface area contributed by atoms with Gasteiger partial charge in [-0.15, -0.1) is 0 Å². The number of hydrogen-bond acceptors (Lipinski definition) is 1. The normalized spacial score (nSPS) is 9.92. The first-order chi connectivity index (χ1) is 5.76. The predicted molar refractivity (Wildman–Crippen MR) is 47.3 cm³/mol. The van der Waals surface area contributed by atoms with Crippen molar-refractivity contribution in [1.82, 2.24) is 4.90 Å². The van der Waals surface area contributed by atoms with Crippen LogP contribution in [0.5, 0.6) is 0 Å². The molecule has 0 spiro atoms. The minimum atomic E-state index is -0.289. The van der Waals surface area contributed by atoms with Crippen LogP contribution < -0.4 is 0 Å². The zero-order chi connectivity index (χ0) is 9.40. The highest BCUT2D eigenvalue weighted by Gasteiger charge is 2.09. The summed E-state index contributed by atoms with van der Waals surface area (Å²) in [7, 11) is 0. The number of hydrogen-bond donors (Lipinski definition) is 0. The maximum absolute atomic E-state index is 11.2. The summed E-state index contributed by atoms with van der Waals surface area (Å²) in [4.78, 5) is 13.0. The van der Waals surface area contributed by atoms with Crippen molar-refractivity contribution in [3.63, 3.8) is 0 Å². The second-order valence-corrected chi connectivity index (χ2v) is 2.83. The lowest BCUT2D eigenvalue weighted by molar-refractivity contribution is -0.132. The first-order valence-corrected chi connectivity index (χ1v) is 4.62. The van der Waals surface area contributed by atoms with Gasteiger partial charge in [0.05, 0.1) is 13.0 Å². The third-order valence-electron chi connectivity index (χ3n) is 1.66. The number of rotatable bonds is 6. The molecule has 0 bridgehead atoms. The molecular weight excluding hydrogens is 154 g/mol. The number of carbonyl (C=O) groups excluding carboxylic acids is 1. The summed E-state index contributed by atoms with van der Waals surface area (Å²) in [5, 5.41) is 10.2. The van der Waals surface area contributed by atoms with E-state index in [9.17, 15) is 9.90 Å². The molecule has 0 rings (SSSR count). The Kier molecular flexibility index (Phi) is 6.76. The van der Waals surface area contributed by atoms with E-state index in [2.05, 4.69) is 0 Å². The van der Waals surface area contributed by atoms with E-state index in [-0.39, 0.29) is 18.9 Å². The molecule has 0 aromatic rings. The average molecular weight is 172 g/mol. The van der Waals surface area contributed by atoms with E-state index in [0.29, 0.717) is 0 Å². The van der Waals surface area contributed by atoms with Crippen LogP contribution in [-0.4, -0.2) is 30.5 Å². The van der Waals surface area contributed by atoms with Crippen LogP contribution in [0.4, 0.5) is 0 Å². The topological polar surface area (TPSA) is 40.2 Å². The highest BCUT2D eigenvalue weighted by molar-refractivity contribution is 5.76. The first kappa shape index (κ1) is 11.4. The third-order valence-corrected chi connectivity index (χ3v) is 1.66. The molecule has 3 heteroatoms. The molecule has 12 heavy (non-hydrogen) atoms. The molecule has 0 aromatic heterocycles. The Morgan fingerprint density at radius 1 is 1.17 bits per heavy atom. The Hall–Kier alpha value is -0.570. The van der Waals surface area contributed by atoms with Gasteiger partial charge < -0.3 is 4.90 Å². The molecule has 0 atom stereocenters. The van der Waals surface area contributed by atoms with Gasteiger partial charge in [-0.2, -0.15) is 0 Å². The minimum absolute atomic E-state index is 0.00806.